The first-order valence-electron chi connectivity index (χ1n) is 8.23. The van der Waals surface area contributed by atoms with Crippen molar-refractivity contribution < 1.29 is 24.3 Å². The van der Waals surface area contributed by atoms with Crippen LogP contribution in [0, 0.1) is 0 Å². The highest BCUT2D eigenvalue weighted by atomic mass is 32.2. The van der Waals surface area contributed by atoms with E-state index in [1.165, 1.54) is 40.4 Å². The number of aromatic nitrogens is 3. The lowest BCUT2D eigenvalue weighted by molar-refractivity contribution is -0.150. The summed E-state index contributed by atoms with van der Waals surface area (Å²) in [6.07, 6.45) is 1.59. The fourth-order valence-corrected chi connectivity index (χ4v) is 6.34. The van der Waals surface area contributed by atoms with E-state index in [9.17, 15) is 24.3 Å². The Hall–Kier alpha value is -2.49. The van der Waals surface area contributed by atoms with Gasteiger partial charge in [0.1, 0.15) is 27.0 Å². The van der Waals surface area contributed by atoms with Crippen LogP contribution in [0.15, 0.2) is 27.1 Å². The summed E-state index contributed by atoms with van der Waals surface area (Å²) >= 11 is 4.94. The maximum atomic E-state index is 12.6. The number of nitrogen functional groups attached to an aromatic ring is 1. The number of anilines is 1. The Morgan fingerprint density at radius 2 is 2.20 bits per heavy atom. The second-order valence-corrected chi connectivity index (χ2v) is 10.1. The van der Waals surface area contributed by atoms with E-state index in [-0.39, 0.29) is 16.5 Å². The lowest BCUT2D eigenvalue weighted by Crippen LogP contribution is -2.71. The largest absolute Gasteiger partial charge is 0.477 e. The van der Waals surface area contributed by atoms with Gasteiger partial charge in [-0.25, -0.2) is 9.78 Å². The number of aliphatic carboxylic acids is 1. The number of thiazole rings is 1. The Morgan fingerprint density at radius 3 is 2.83 bits per heavy atom. The summed E-state index contributed by atoms with van der Waals surface area (Å²) < 4.78 is 4.59. The molecule has 156 valence electrons. The molecule has 4 rings (SSSR count). The van der Waals surface area contributed by atoms with E-state index in [4.69, 9.17) is 5.73 Å². The zero-order valence-electron chi connectivity index (χ0n) is 14.8. The Morgan fingerprint density at radius 1 is 1.40 bits per heavy atom. The number of carboxylic acids is 1. The lowest BCUT2D eigenvalue weighted by Gasteiger charge is -2.49. The standard InChI is InChI=1S/C15H12N6O5S4/c16-15-18-6(4-29-15)10(22)11(23)19-8-12(24)21-9(14(25)26)5(3-28-13(8)21)2-27-7-1-17-20-30-7/h1,4,8,13H,2-3H2,(H2,16,18)(H,19,23)(H,25,26)/t8?,13-/m0/s1. The molecule has 2 aliphatic heterocycles. The topological polar surface area (TPSA) is 168 Å². The van der Waals surface area contributed by atoms with Gasteiger partial charge < -0.3 is 16.2 Å². The second-order valence-electron chi connectivity index (χ2n) is 6.04. The van der Waals surface area contributed by atoms with Crippen molar-refractivity contribution in [3.05, 3.63) is 28.5 Å². The number of Topliss-reactive ketones (excluding diaryl/α,β-unsaturated/α-hetero) is 1. The average molecular weight is 485 g/mol. The number of hydrogen-bond donors (Lipinski definition) is 3. The number of ketones is 1. The van der Waals surface area contributed by atoms with Crippen molar-refractivity contribution in [3.63, 3.8) is 0 Å². The van der Waals surface area contributed by atoms with E-state index in [0.29, 0.717) is 17.1 Å². The minimum atomic E-state index is -1.22. The highest BCUT2D eigenvalue weighted by Crippen LogP contribution is 2.41. The molecule has 2 amide bonds. The van der Waals surface area contributed by atoms with Crippen molar-refractivity contribution in [1.29, 1.82) is 0 Å². The molecule has 1 fully saturated rings. The van der Waals surface area contributed by atoms with Crippen LogP contribution in [0.4, 0.5) is 5.13 Å². The van der Waals surface area contributed by atoms with Crippen LogP contribution < -0.4 is 11.1 Å². The van der Waals surface area contributed by atoms with Crippen LogP contribution in [0.25, 0.3) is 0 Å². The number of carbonyl (C=O) groups excluding carboxylic acids is 3. The van der Waals surface area contributed by atoms with Gasteiger partial charge in [-0.05, 0) is 17.1 Å². The Kier molecular flexibility index (Phi) is 5.77. The van der Waals surface area contributed by atoms with Gasteiger partial charge in [-0.3, -0.25) is 19.3 Å². The predicted molar refractivity (Wildman–Crippen MR) is 111 cm³/mol. The number of rotatable bonds is 7. The summed E-state index contributed by atoms with van der Waals surface area (Å²) in [4.78, 5) is 53.8. The molecule has 15 heteroatoms. The van der Waals surface area contributed by atoms with Crippen LogP contribution in [-0.2, 0) is 14.4 Å². The molecule has 0 spiro atoms. The van der Waals surface area contributed by atoms with Gasteiger partial charge in [-0.15, -0.1) is 40.0 Å². The van der Waals surface area contributed by atoms with Crippen LogP contribution in [0.2, 0.25) is 0 Å². The fourth-order valence-electron chi connectivity index (χ4n) is 2.89. The number of carboxylic acid groups (broad SMARTS) is 1. The maximum absolute atomic E-state index is 12.6. The molecule has 2 atom stereocenters. The van der Waals surface area contributed by atoms with Crippen molar-refractivity contribution in [2.45, 2.75) is 15.6 Å². The van der Waals surface area contributed by atoms with Crippen LogP contribution in [-0.4, -0.2) is 71.1 Å². The number of fused-ring (bicyclic) bond motifs is 1. The molecule has 4 heterocycles. The summed E-state index contributed by atoms with van der Waals surface area (Å²) in [6.45, 7) is 0. The van der Waals surface area contributed by atoms with Gasteiger partial charge in [0.15, 0.2) is 5.13 Å². The minimum Gasteiger partial charge on any atom is -0.477 e. The first-order valence-corrected chi connectivity index (χ1v) is 11.9. The molecule has 2 aliphatic rings. The monoisotopic (exact) mass is 484 g/mol. The number of carbonyl (C=O) groups is 4. The highest BCUT2D eigenvalue weighted by molar-refractivity contribution is 8.01. The van der Waals surface area contributed by atoms with Crippen molar-refractivity contribution in [2.24, 2.45) is 0 Å². The van der Waals surface area contributed by atoms with Gasteiger partial charge >= 0.3 is 5.97 Å². The van der Waals surface area contributed by atoms with Gasteiger partial charge in [-0.1, -0.05) is 4.49 Å². The summed E-state index contributed by atoms with van der Waals surface area (Å²) in [5.41, 5.74) is 5.87. The zero-order valence-corrected chi connectivity index (χ0v) is 18.1. The molecule has 1 unspecified atom stereocenters. The van der Waals surface area contributed by atoms with E-state index in [2.05, 4.69) is 19.9 Å². The number of thioether (sulfide) groups is 2. The van der Waals surface area contributed by atoms with Crippen LogP contribution in [0.1, 0.15) is 10.5 Å². The molecule has 0 aromatic carbocycles. The zero-order chi connectivity index (χ0) is 21.4. The quantitative estimate of drug-likeness (QED) is 0.214. The first kappa shape index (κ1) is 20.8. The van der Waals surface area contributed by atoms with E-state index in [1.807, 2.05) is 0 Å². The molecule has 0 saturated carbocycles. The number of amides is 2. The number of nitrogens with zero attached hydrogens (tertiary/aromatic N) is 4. The lowest BCUT2D eigenvalue weighted by atomic mass is 10.0. The Balaban J connectivity index is 1.46. The molecular formula is C15H12N6O5S4. The molecule has 2 aromatic heterocycles. The molecule has 30 heavy (non-hydrogen) atoms. The molecule has 2 aromatic rings. The summed E-state index contributed by atoms with van der Waals surface area (Å²) in [7, 11) is 0. The van der Waals surface area contributed by atoms with Crippen molar-refractivity contribution >= 4 is 75.1 Å². The smallest absolute Gasteiger partial charge is 0.352 e. The van der Waals surface area contributed by atoms with Crippen LogP contribution in [0.3, 0.4) is 0 Å². The maximum Gasteiger partial charge on any atom is 0.352 e. The third-order valence-corrected chi connectivity index (χ3v) is 8.16. The van der Waals surface area contributed by atoms with Crippen LogP contribution >= 0.6 is 46.4 Å². The average Bonchev–Trinajstić information content (AvgIpc) is 3.40. The van der Waals surface area contributed by atoms with E-state index in [1.54, 1.807) is 6.20 Å². The minimum absolute atomic E-state index is 0.0853. The third-order valence-electron chi connectivity index (χ3n) is 4.23. The highest BCUT2D eigenvalue weighted by Gasteiger charge is 2.54. The molecule has 1 saturated heterocycles. The summed E-state index contributed by atoms with van der Waals surface area (Å²) in [5.74, 6) is -2.94. The molecule has 0 bridgehead atoms. The normalized spacial score (nSPS) is 20.5. The SMILES string of the molecule is Nc1nc(C(=O)C(=O)NC2C(=O)N3C(C(=O)O)=C(CSc4cnns4)CS[C@@H]23)cs1. The van der Waals surface area contributed by atoms with E-state index in [0.717, 1.165) is 20.4 Å². The summed E-state index contributed by atoms with van der Waals surface area (Å²) in [5, 5.41) is 16.7. The van der Waals surface area contributed by atoms with Crippen LogP contribution in [0.5, 0.6) is 0 Å². The number of hydrogen-bond acceptors (Lipinski definition) is 12. The van der Waals surface area contributed by atoms with E-state index >= 15 is 0 Å². The molecule has 4 N–H and O–H groups in total. The summed E-state index contributed by atoms with van der Waals surface area (Å²) in [6, 6.07) is -0.989. The van der Waals surface area contributed by atoms with E-state index < -0.39 is 35.0 Å². The predicted octanol–water partition coefficient (Wildman–Crippen LogP) is 0.290. The number of nitrogens with one attached hydrogen (secondary N) is 1. The Labute approximate surface area is 185 Å². The van der Waals surface area contributed by atoms with Crippen molar-refractivity contribution in [1.82, 2.24) is 24.8 Å². The van der Waals surface area contributed by atoms with Gasteiger partial charge in [0.2, 0.25) is 0 Å². The molecule has 11 nitrogen and oxygen atoms in total. The van der Waals surface area contributed by atoms with Gasteiger partial charge in [-0.2, -0.15) is 0 Å². The first-order chi connectivity index (χ1) is 14.4. The molecule has 0 aliphatic carbocycles. The van der Waals surface area contributed by atoms with Gasteiger partial charge in [0, 0.05) is 16.9 Å². The molecular weight excluding hydrogens is 472 g/mol. The second kappa shape index (κ2) is 8.33. The fraction of sp³-hybridized carbons (Fsp3) is 0.267. The number of nitrogens with two attached hydrogens (primary N) is 1. The van der Waals surface area contributed by atoms with Gasteiger partial charge in [0.05, 0.1) is 6.20 Å². The van der Waals surface area contributed by atoms with Gasteiger partial charge in [0.25, 0.3) is 17.6 Å². The third kappa shape index (κ3) is 3.80. The molecule has 0 radical (unpaired) electrons. The van der Waals surface area contributed by atoms with Crippen molar-refractivity contribution in [3.8, 4) is 0 Å². The van der Waals surface area contributed by atoms with Crippen molar-refractivity contribution in [2.75, 3.05) is 17.2 Å². The number of β-lactam (4-membered cyclic amide) rings is 1. The Bertz CT molecular complexity index is 1070.